The lowest BCUT2D eigenvalue weighted by Gasteiger charge is -2.37. The van der Waals surface area contributed by atoms with Gasteiger partial charge in [0.15, 0.2) is 10.9 Å². The van der Waals surface area contributed by atoms with Crippen LogP contribution in [0.2, 0.25) is 0 Å². The number of halogens is 3. The Morgan fingerprint density at radius 3 is 2.31 bits per heavy atom. The molecule has 0 fully saturated rings. The minimum Gasteiger partial charge on any atom is -0.459 e. The number of allylic oxidation sites excluding steroid dienone is 1. The standard InChI is InChI=1S/C26H32F3N3O3S/c1-7-16(6)30-20(33)12-19-13-36-25-31-23(26(27,28)29)21(24(34)35-15(4)5)22(32(19)25)18-10-8-17(9-11-18)14(2)3/h8-11,13-16,22H,7,12H2,1-6H3,(H,30,33)/t16-,22+/m1/s1. The summed E-state index contributed by atoms with van der Waals surface area (Å²) in [5.41, 5.74) is 0.0827. The van der Waals surface area contributed by atoms with Gasteiger partial charge in [-0.2, -0.15) is 13.2 Å². The number of hydrogen-bond donors (Lipinski definition) is 1. The van der Waals surface area contributed by atoms with Crippen molar-refractivity contribution in [2.75, 3.05) is 0 Å². The van der Waals surface area contributed by atoms with Crippen LogP contribution in [0.5, 0.6) is 0 Å². The molecular weight excluding hydrogens is 491 g/mol. The van der Waals surface area contributed by atoms with Gasteiger partial charge in [-0.1, -0.05) is 56.8 Å². The lowest BCUT2D eigenvalue weighted by molar-refractivity contribution is -0.144. The molecule has 0 saturated carbocycles. The molecule has 0 radical (unpaired) electrons. The van der Waals surface area contributed by atoms with Crippen LogP contribution in [0, 0.1) is 0 Å². The Labute approximate surface area is 214 Å². The molecule has 2 atom stereocenters. The maximum Gasteiger partial charge on any atom is 0.434 e. The predicted octanol–water partition coefficient (Wildman–Crippen LogP) is 6.18. The summed E-state index contributed by atoms with van der Waals surface area (Å²) in [5, 5.41) is 4.56. The lowest BCUT2D eigenvalue weighted by atomic mass is 9.91. The zero-order valence-electron chi connectivity index (χ0n) is 21.3. The molecular formula is C26H32F3N3O3S. The zero-order chi connectivity index (χ0) is 26.8. The summed E-state index contributed by atoms with van der Waals surface area (Å²) in [7, 11) is 0. The molecule has 1 N–H and O–H groups in total. The molecule has 0 bridgehead atoms. The first-order chi connectivity index (χ1) is 16.8. The number of carbonyl (C=O) groups excluding carboxylic acids is 2. The fourth-order valence-electron chi connectivity index (χ4n) is 3.93. The van der Waals surface area contributed by atoms with Crippen molar-refractivity contribution in [3.8, 4) is 0 Å². The van der Waals surface area contributed by atoms with Crippen LogP contribution in [0.4, 0.5) is 13.2 Å². The van der Waals surface area contributed by atoms with E-state index in [9.17, 15) is 22.8 Å². The number of fused-ring (bicyclic) bond motifs is 1. The number of hydrogen-bond acceptors (Lipinski definition) is 6. The summed E-state index contributed by atoms with van der Waals surface area (Å²) >= 11 is 1.00. The SMILES string of the molecule is CC[C@@H](C)NC(=O)CC1=CSC2=NC(C(F)(F)F)=C(C(=O)OC(C)C)[C@H](c3ccc(C(C)C)cc3)N12. The maximum atomic E-state index is 14.2. The van der Waals surface area contributed by atoms with Crippen LogP contribution in [0.25, 0.3) is 0 Å². The van der Waals surface area contributed by atoms with E-state index in [1.54, 1.807) is 36.3 Å². The van der Waals surface area contributed by atoms with Crippen LogP contribution >= 0.6 is 11.8 Å². The van der Waals surface area contributed by atoms with Crippen LogP contribution in [0.1, 0.15) is 77.5 Å². The number of aliphatic imine (C=N–C) groups is 1. The minimum atomic E-state index is -4.88. The summed E-state index contributed by atoms with van der Waals surface area (Å²) in [6.45, 7) is 11.0. The summed E-state index contributed by atoms with van der Waals surface area (Å²) in [6.07, 6.45) is -4.83. The van der Waals surface area contributed by atoms with Crippen LogP contribution in [-0.2, 0) is 14.3 Å². The van der Waals surface area contributed by atoms with Crippen LogP contribution in [0.3, 0.4) is 0 Å². The molecule has 3 rings (SSSR count). The Kier molecular flexibility index (Phi) is 8.59. The van der Waals surface area contributed by atoms with Crippen molar-refractivity contribution in [2.45, 2.75) is 84.7 Å². The Bertz CT molecular complexity index is 1090. The van der Waals surface area contributed by atoms with Gasteiger partial charge < -0.3 is 15.0 Å². The van der Waals surface area contributed by atoms with Crippen molar-refractivity contribution >= 4 is 28.8 Å². The van der Waals surface area contributed by atoms with Gasteiger partial charge in [0.05, 0.1) is 24.1 Å². The van der Waals surface area contributed by atoms with Gasteiger partial charge in [-0.25, -0.2) is 9.79 Å². The number of amidine groups is 1. The maximum absolute atomic E-state index is 14.2. The third kappa shape index (κ3) is 6.14. The van der Waals surface area contributed by atoms with Crippen molar-refractivity contribution in [1.29, 1.82) is 0 Å². The molecule has 0 unspecified atom stereocenters. The number of esters is 1. The van der Waals surface area contributed by atoms with E-state index in [4.69, 9.17) is 4.74 Å². The van der Waals surface area contributed by atoms with Gasteiger partial charge >= 0.3 is 12.1 Å². The molecule has 36 heavy (non-hydrogen) atoms. The third-order valence-corrected chi connectivity index (χ3v) is 6.81. The molecule has 1 aromatic carbocycles. The van der Waals surface area contributed by atoms with E-state index >= 15 is 0 Å². The van der Waals surface area contributed by atoms with Crippen LogP contribution < -0.4 is 5.32 Å². The van der Waals surface area contributed by atoms with E-state index in [2.05, 4.69) is 10.3 Å². The van der Waals surface area contributed by atoms with Crippen molar-refractivity contribution < 1.29 is 27.5 Å². The molecule has 1 aromatic rings. The number of alkyl halides is 3. The predicted molar refractivity (Wildman–Crippen MR) is 135 cm³/mol. The van der Waals surface area contributed by atoms with Gasteiger partial charge in [0.2, 0.25) is 5.91 Å². The summed E-state index contributed by atoms with van der Waals surface area (Å²) in [6, 6.07) is 5.92. The first kappa shape index (κ1) is 27.8. The van der Waals surface area contributed by atoms with Gasteiger partial charge in [-0.15, -0.1) is 0 Å². The summed E-state index contributed by atoms with van der Waals surface area (Å²) in [5.74, 6) is -1.13. The van der Waals surface area contributed by atoms with Crippen molar-refractivity contribution in [3.63, 3.8) is 0 Å². The average molecular weight is 524 g/mol. The van der Waals surface area contributed by atoms with Gasteiger partial charge in [-0.05, 0) is 49.6 Å². The van der Waals surface area contributed by atoms with E-state index < -0.39 is 35.6 Å². The highest BCUT2D eigenvalue weighted by molar-refractivity contribution is 8.16. The van der Waals surface area contributed by atoms with Crippen LogP contribution in [-0.4, -0.2) is 40.3 Å². The largest absolute Gasteiger partial charge is 0.459 e. The molecule has 196 valence electrons. The van der Waals surface area contributed by atoms with E-state index in [0.29, 0.717) is 11.3 Å². The van der Waals surface area contributed by atoms with Gasteiger partial charge in [0.25, 0.3) is 0 Å². The molecule has 1 amide bonds. The highest BCUT2D eigenvalue weighted by atomic mass is 32.2. The lowest BCUT2D eigenvalue weighted by Crippen LogP contribution is -2.41. The number of benzene rings is 1. The second kappa shape index (κ2) is 11.1. The van der Waals surface area contributed by atoms with Crippen molar-refractivity contribution in [2.24, 2.45) is 4.99 Å². The number of ether oxygens (including phenoxy) is 1. The first-order valence-corrected chi connectivity index (χ1v) is 12.9. The van der Waals surface area contributed by atoms with Crippen molar-refractivity contribution in [3.05, 3.63) is 57.8 Å². The van der Waals surface area contributed by atoms with E-state index in [1.807, 2.05) is 39.8 Å². The third-order valence-electron chi connectivity index (χ3n) is 5.92. The number of carbonyl (C=O) groups is 2. The Morgan fingerprint density at radius 2 is 1.78 bits per heavy atom. The highest BCUT2D eigenvalue weighted by Crippen LogP contribution is 2.48. The topological polar surface area (TPSA) is 71.0 Å². The fourth-order valence-corrected chi connectivity index (χ4v) is 4.85. The van der Waals surface area contributed by atoms with Gasteiger partial charge in [0.1, 0.15) is 0 Å². The fraction of sp³-hybridized carbons (Fsp3) is 0.500. The van der Waals surface area contributed by atoms with Crippen LogP contribution in [0.15, 0.2) is 51.6 Å². The van der Waals surface area contributed by atoms with Gasteiger partial charge in [-0.3, -0.25) is 4.79 Å². The van der Waals surface area contributed by atoms with E-state index in [-0.39, 0.29) is 29.5 Å². The number of amides is 1. The molecule has 6 nitrogen and oxygen atoms in total. The molecule has 0 spiro atoms. The molecule has 10 heteroatoms. The zero-order valence-corrected chi connectivity index (χ0v) is 22.1. The Hall–Kier alpha value is -2.75. The number of rotatable bonds is 8. The average Bonchev–Trinajstić information content (AvgIpc) is 3.19. The second-order valence-corrected chi connectivity index (χ2v) is 10.3. The van der Waals surface area contributed by atoms with Crippen molar-refractivity contribution in [1.82, 2.24) is 10.2 Å². The smallest absolute Gasteiger partial charge is 0.434 e. The number of nitrogens with zero attached hydrogens (tertiary/aromatic N) is 2. The minimum absolute atomic E-state index is 0.0469. The van der Waals surface area contributed by atoms with Gasteiger partial charge in [0, 0.05) is 11.7 Å². The normalized spacial score (nSPS) is 18.8. The molecule has 2 aliphatic rings. The summed E-state index contributed by atoms with van der Waals surface area (Å²) < 4.78 is 47.9. The second-order valence-electron chi connectivity index (χ2n) is 9.48. The van der Waals surface area contributed by atoms with E-state index in [1.165, 1.54) is 0 Å². The molecule has 2 heterocycles. The number of nitrogens with one attached hydrogen (secondary N) is 1. The number of thioether (sulfide) groups is 1. The Balaban J connectivity index is 2.14. The highest BCUT2D eigenvalue weighted by Gasteiger charge is 2.49. The molecule has 0 saturated heterocycles. The Morgan fingerprint density at radius 1 is 1.14 bits per heavy atom. The molecule has 2 aliphatic heterocycles. The monoisotopic (exact) mass is 523 g/mol. The van der Waals surface area contributed by atoms with E-state index in [0.717, 1.165) is 23.7 Å². The first-order valence-electron chi connectivity index (χ1n) is 12.0. The summed E-state index contributed by atoms with van der Waals surface area (Å²) in [4.78, 5) is 31.2. The quantitative estimate of drug-likeness (QED) is 0.412. The molecule has 0 aliphatic carbocycles. The molecule has 0 aromatic heterocycles.